The second kappa shape index (κ2) is 11.8. The Morgan fingerprint density at radius 1 is 0.886 bits per heavy atom. The number of aliphatic carboxylic acids is 1. The first-order chi connectivity index (χ1) is 16.7. The lowest BCUT2D eigenvalue weighted by molar-refractivity contribution is -0.142. The summed E-state index contributed by atoms with van der Waals surface area (Å²) in [6.45, 7) is 0. The van der Waals surface area contributed by atoms with E-state index in [9.17, 15) is 24.3 Å². The van der Waals surface area contributed by atoms with Gasteiger partial charge in [-0.15, -0.1) is 0 Å². The van der Waals surface area contributed by atoms with Crippen LogP contribution in [-0.4, -0.2) is 51.9 Å². The molecule has 0 saturated carbocycles. The van der Waals surface area contributed by atoms with Gasteiger partial charge in [0.25, 0.3) is 0 Å². The molecule has 0 unspecified atom stereocenters. The number of nitrogens with one attached hydrogen (secondary N) is 3. The molecule has 184 valence electrons. The van der Waals surface area contributed by atoms with Gasteiger partial charge in [0.05, 0.1) is 6.04 Å². The monoisotopic (exact) mass is 479 g/mol. The Kier molecular flexibility index (Phi) is 8.58. The Morgan fingerprint density at radius 3 is 2.23 bits per heavy atom. The molecule has 0 bridgehead atoms. The molecule has 0 aliphatic rings. The zero-order valence-corrected chi connectivity index (χ0v) is 19.1. The number of fused-ring (bicyclic) bond motifs is 1. The van der Waals surface area contributed by atoms with Crippen LogP contribution in [0.4, 0.5) is 0 Å². The van der Waals surface area contributed by atoms with E-state index in [0.29, 0.717) is 0 Å². The van der Waals surface area contributed by atoms with Crippen LogP contribution in [0.3, 0.4) is 0 Å². The molecule has 35 heavy (non-hydrogen) atoms. The Labute approximate surface area is 202 Å². The largest absolute Gasteiger partial charge is 0.480 e. The standard InChI is InChI=1S/C25H29N5O5/c26-18(10-11-22(27)31)23(32)29-20(12-15-6-2-1-3-7-15)24(33)30-21(25(34)35)13-16-14-28-19-9-5-4-8-17(16)19/h1-9,14,18,20-21,28H,10-13,26H2,(H2,27,31)(H,29,32)(H,30,33)(H,34,35)/t18-,20-,21-/m0/s1. The van der Waals surface area contributed by atoms with Crippen molar-refractivity contribution in [3.63, 3.8) is 0 Å². The van der Waals surface area contributed by atoms with Gasteiger partial charge in [0.1, 0.15) is 12.1 Å². The number of nitrogens with two attached hydrogens (primary N) is 2. The van der Waals surface area contributed by atoms with Gasteiger partial charge in [-0.3, -0.25) is 14.4 Å². The molecule has 10 nitrogen and oxygen atoms in total. The first kappa shape index (κ1) is 25.4. The average Bonchev–Trinajstić information content (AvgIpc) is 3.25. The van der Waals surface area contributed by atoms with Crippen molar-refractivity contribution in [1.82, 2.24) is 15.6 Å². The summed E-state index contributed by atoms with van der Waals surface area (Å²) in [6.07, 6.45) is 1.85. The third kappa shape index (κ3) is 7.15. The first-order valence-electron chi connectivity index (χ1n) is 11.2. The van der Waals surface area contributed by atoms with E-state index >= 15 is 0 Å². The number of para-hydroxylation sites is 1. The van der Waals surface area contributed by atoms with Crippen LogP contribution >= 0.6 is 0 Å². The summed E-state index contributed by atoms with van der Waals surface area (Å²) >= 11 is 0. The normalized spacial score (nSPS) is 13.5. The van der Waals surface area contributed by atoms with Crippen molar-refractivity contribution in [1.29, 1.82) is 0 Å². The van der Waals surface area contributed by atoms with Gasteiger partial charge in [0.15, 0.2) is 0 Å². The third-order valence-electron chi connectivity index (χ3n) is 5.67. The van der Waals surface area contributed by atoms with Crippen molar-refractivity contribution in [2.45, 2.75) is 43.8 Å². The number of rotatable bonds is 12. The number of benzene rings is 2. The van der Waals surface area contributed by atoms with Crippen molar-refractivity contribution in [2.75, 3.05) is 0 Å². The highest BCUT2D eigenvalue weighted by molar-refractivity contribution is 5.92. The van der Waals surface area contributed by atoms with Crippen molar-refractivity contribution >= 4 is 34.6 Å². The summed E-state index contributed by atoms with van der Waals surface area (Å²) in [4.78, 5) is 51.8. The molecule has 3 aromatic rings. The van der Waals surface area contributed by atoms with Gasteiger partial charge in [-0.05, 0) is 23.6 Å². The van der Waals surface area contributed by atoms with Gasteiger partial charge >= 0.3 is 5.97 Å². The predicted octanol–water partition coefficient (Wildman–Crippen LogP) is 0.600. The topological polar surface area (TPSA) is 180 Å². The van der Waals surface area contributed by atoms with Crippen LogP contribution in [0.25, 0.3) is 10.9 Å². The maximum Gasteiger partial charge on any atom is 0.326 e. The number of hydrogen-bond donors (Lipinski definition) is 6. The minimum atomic E-state index is -1.22. The van der Waals surface area contributed by atoms with Crippen LogP contribution in [0.15, 0.2) is 60.8 Å². The van der Waals surface area contributed by atoms with E-state index in [2.05, 4.69) is 15.6 Å². The van der Waals surface area contributed by atoms with E-state index in [4.69, 9.17) is 11.5 Å². The number of carboxylic acids is 1. The molecule has 0 fully saturated rings. The first-order valence-corrected chi connectivity index (χ1v) is 11.2. The molecular weight excluding hydrogens is 450 g/mol. The van der Waals surface area contributed by atoms with Crippen LogP contribution in [0, 0.1) is 0 Å². The number of carboxylic acid groups (broad SMARTS) is 1. The fourth-order valence-corrected chi connectivity index (χ4v) is 3.76. The number of aromatic nitrogens is 1. The third-order valence-corrected chi connectivity index (χ3v) is 5.67. The van der Waals surface area contributed by atoms with Gasteiger partial charge in [-0.25, -0.2) is 4.79 Å². The second-order valence-corrected chi connectivity index (χ2v) is 8.33. The highest BCUT2D eigenvalue weighted by Gasteiger charge is 2.29. The highest BCUT2D eigenvalue weighted by Crippen LogP contribution is 2.19. The zero-order valence-electron chi connectivity index (χ0n) is 19.1. The molecule has 3 rings (SSSR count). The molecule has 0 spiro atoms. The summed E-state index contributed by atoms with van der Waals surface area (Å²) in [6, 6.07) is 13.1. The lowest BCUT2D eigenvalue weighted by atomic mass is 10.0. The molecule has 0 saturated heterocycles. The fourth-order valence-electron chi connectivity index (χ4n) is 3.76. The Balaban J connectivity index is 1.75. The van der Waals surface area contributed by atoms with E-state index in [-0.39, 0.29) is 25.7 Å². The fraction of sp³-hybridized carbons (Fsp3) is 0.280. The van der Waals surface area contributed by atoms with Gasteiger partial charge in [-0.1, -0.05) is 48.5 Å². The van der Waals surface area contributed by atoms with E-state index in [1.807, 2.05) is 30.3 Å². The van der Waals surface area contributed by atoms with Crippen LogP contribution in [0.1, 0.15) is 24.0 Å². The number of amides is 3. The molecule has 0 aliphatic heterocycles. The number of H-pyrrole nitrogens is 1. The minimum absolute atomic E-state index is 0.0269. The number of primary amides is 1. The summed E-state index contributed by atoms with van der Waals surface area (Å²) in [7, 11) is 0. The van der Waals surface area contributed by atoms with Crippen LogP contribution in [-0.2, 0) is 32.0 Å². The smallest absolute Gasteiger partial charge is 0.326 e. The van der Waals surface area contributed by atoms with Gasteiger partial charge < -0.3 is 32.2 Å². The van der Waals surface area contributed by atoms with E-state index in [1.165, 1.54) is 0 Å². The number of carbonyl (C=O) groups excluding carboxylic acids is 3. The quantitative estimate of drug-likeness (QED) is 0.221. The van der Waals surface area contributed by atoms with Crippen LogP contribution in [0.2, 0.25) is 0 Å². The molecule has 1 heterocycles. The van der Waals surface area contributed by atoms with Gasteiger partial charge in [0, 0.05) is 36.4 Å². The lowest BCUT2D eigenvalue weighted by Crippen LogP contribution is -2.55. The molecule has 3 atom stereocenters. The average molecular weight is 480 g/mol. The Bertz CT molecular complexity index is 1190. The highest BCUT2D eigenvalue weighted by atomic mass is 16.4. The van der Waals surface area contributed by atoms with Crippen molar-refractivity contribution in [3.8, 4) is 0 Å². The molecule has 10 heteroatoms. The molecule has 1 aromatic heterocycles. The zero-order chi connectivity index (χ0) is 25.4. The van der Waals surface area contributed by atoms with Crippen molar-refractivity contribution in [2.24, 2.45) is 11.5 Å². The second-order valence-electron chi connectivity index (χ2n) is 8.33. The molecule has 2 aromatic carbocycles. The SMILES string of the molecule is NC(=O)CC[C@H](N)C(=O)N[C@@H](Cc1ccccc1)C(=O)N[C@@H](Cc1c[nH]c2ccccc12)C(=O)O. The van der Waals surface area contributed by atoms with Crippen LogP contribution in [0.5, 0.6) is 0 Å². The summed E-state index contributed by atoms with van der Waals surface area (Å²) in [5.41, 5.74) is 13.3. The summed E-state index contributed by atoms with van der Waals surface area (Å²) in [5.74, 6) is -3.08. The molecule has 8 N–H and O–H groups in total. The Morgan fingerprint density at radius 2 is 1.54 bits per heavy atom. The number of aromatic amines is 1. The van der Waals surface area contributed by atoms with E-state index < -0.39 is 41.8 Å². The number of hydrogen-bond acceptors (Lipinski definition) is 5. The predicted molar refractivity (Wildman–Crippen MR) is 130 cm³/mol. The molecule has 0 aliphatic carbocycles. The molecular formula is C25H29N5O5. The minimum Gasteiger partial charge on any atom is -0.480 e. The van der Waals surface area contributed by atoms with Gasteiger partial charge in [0.2, 0.25) is 17.7 Å². The lowest BCUT2D eigenvalue weighted by Gasteiger charge is -2.23. The van der Waals surface area contributed by atoms with Crippen LogP contribution < -0.4 is 22.1 Å². The maximum atomic E-state index is 13.2. The van der Waals surface area contributed by atoms with Crippen molar-refractivity contribution < 1.29 is 24.3 Å². The molecule has 0 radical (unpaired) electrons. The van der Waals surface area contributed by atoms with Gasteiger partial charge in [-0.2, -0.15) is 0 Å². The van der Waals surface area contributed by atoms with E-state index in [0.717, 1.165) is 22.0 Å². The summed E-state index contributed by atoms with van der Waals surface area (Å²) in [5, 5.41) is 15.8. The maximum absolute atomic E-state index is 13.2. The molecule has 3 amide bonds. The van der Waals surface area contributed by atoms with E-state index in [1.54, 1.807) is 30.5 Å². The van der Waals surface area contributed by atoms with Crippen molar-refractivity contribution in [3.05, 3.63) is 71.9 Å². The number of carbonyl (C=O) groups is 4. The Hall–Kier alpha value is -4.18. The summed E-state index contributed by atoms with van der Waals surface area (Å²) < 4.78 is 0.